The van der Waals surface area contributed by atoms with Crippen LogP contribution in [0.3, 0.4) is 0 Å². The fourth-order valence-corrected chi connectivity index (χ4v) is 4.88. The summed E-state index contributed by atoms with van der Waals surface area (Å²) in [6.07, 6.45) is 1.82. The van der Waals surface area contributed by atoms with Crippen molar-refractivity contribution in [1.29, 1.82) is 0 Å². The molecule has 6 rings (SSSR count). The van der Waals surface area contributed by atoms with E-state index in [9.17, 15) is 9.59 Å². The number of anilines is 1. The van der Waals surface area contributed by atoms with Gasteiger partial charge in [0.2, 0.25) is 11.6 Å². The maximum absolute atomic E-state index is 13.5. The molecule has 0 atom stereocenters. The fourth-order valence-electron chi connectivity index (χ4n) is 4.88. The second kappa shape index (κ2) is 9.20. The van der Waals surface area contributed by atoms with Crippen molar-refractivity contribution in [2.75, 3.05) is 11.4 Å². The molecule has 3 heterocycles. The number of carbonyl (C=O) groups excluding carboxylic acids is 1. The van der Waals surface area contributed by atoms with E-state index < -0.39 is 5.69 Å². The first-order chi connectivity index (χ1) is 18.0. The van der Waals surface area contributed by atoms with Crippen LogP contribution < -0.4 is 15.3 Å². The van der Waals surface area contributed by atoms with Crippen molar-refractivity contribution in [2.24, 2.45) is 0 Å². The number of benzene rings is 3. The Hall–Kier alpha value is -4.46. The second-order valence-electron chi connectivity index (χ2n) is 9.61. The molecule has 5 aromatic rings. The van der Waals surface area contributed by atoms with E-state index in [1.807, 2.05) is 72.8 Å². The minimum absolute atomic E-state index is 0.175. The van der Waals surface area contributed by atoms with Crippen molar-refractivity contribution < 1.29 is 9.53 Å². The number of amides is 1. The van der Waals surface area contributed by atoms with Gasteiger partial charge >= 0.3 is 5.69 Å². The van der Waals surface area contributed by atoms with Crippen LogP contribution in [0, 0.1) is 0 Å². The number of para-hydroxylation sites is 3. The molecule has 3 aromatic carbocycles. The molecule has 2 aromatic heterocycles. The largest absolute Gasteiger partial charge is 0.436 e. The van der Waals surface area contributed by atoms with Crippen LogP contribution in [0.4, 0.5) is 5.69 Å². The van der Waals surface area contributed by atoms with Gasteiger partial charge in [0.25, 0.3) is 5.88 Å². The van der Waals surface area contributed by atoms with Crippen LogP contribution in [-0.4, -0.2) is 31.6 Å². The number of fused-ring (bicyclic) bond motifs is 4. The number of nitrogens with zero attached hydrogens (tertiary/aromatic N) is 5. The Labute approximate surface area is 213 Å². The summed E-state index contributed by atoms with van der Waals surface area (Å²) in [4.78, 5) is 33.3. The smallest absolute Gasteiger partial charge is 0.351 e. The van der Waals surface area contributed by atoms with Gasteiger partial charge in [0, 0.05) is 12.2 Å². The zero-order valence-corrected chi connectivity index (χ0v) is 20.8. The molecule has 1 amide bonds. The van der Waals surface area contributed by atoms with E-state index in [1.165, 1.54) is 14.6 Å². The summed E-state index contributed by atoms with van der Waals surface area (Å²) in [6.45, 7) is 4.70. The minimum Gasteiger partial charge on any atom is -0.436 e. The van der Waals surface area contributed by atoms with Gasteiger partial charge in [-0.2, -0.15) is 0 Å². The molecule has 8 nitrogen and oxygen atoms in total. The van der Waals surface area contributed by atoms with Gasteiger partial charge in [-0.3, -0.25) is 4.79 Å². The lowest BCUT2D eigenvalue weighted by Crippen LogP contribution is -2.39. The number of hydrogen-bond donors (Lipinski definition) is 0. The van der Waals surface area contributed by atoms with Crippen molar-refractivity contribution in [3.63, 3.8) is 0 Å². The van der Waals surface area contributed by atoms with Crippen LogP contribution in [0.15, 0.2) is 77.6 Å². The van der Waals surface area contributed by atoms with E-state index >= 15 is 0 Å². The van der Waals surface area contributed by atoms with Crippen molar-refractivity contribution >= 4 is 28.3 Å². The van der Waals surface area contributed by atoms with Gasteiger partial charge in [0.05, 0.1) is 11.0 Å². The normalized spacial score (nSPS) is 13.3. The quantitative estimate of drug-likeness (QED) is 0.346. The summed E-state index contributed by atoms with van der Waals surface area (Å²) in [5, 5.41) is 4.53. The van der Waals surface area contributed by atoms with Crippen LogP contribution in [0.25, 0.3) is 16.7 Å². The minimum atomic E-state index is -0.410. The van der Waals surface area contributed by atoms with E-state index in [0.29, 0.717) is 29.2 Å². The highest BCUT2D eigenvalue weighted by molar-refractivity contribution is 5.94. The molecule has 1 aliphatic rings. The summed E-state index contributed by atoms with van der Waals surface area (Å²) >= 11 is 0. The Bertz CT molecular complexity index is 1680. The van der Waals surface area contributed by atoms with Crippen molar-refractivity contribution in [3.8, 4) is 11.6 Å². The topological polar surface area (TPSA) is 81.7 Å². The maximum Gasteiger partial charge on any atom is 0.351 e. The molecule has 1 aliphatic heterocycles. The summed E-state index contributed by atoms with van der Waals surface area (Å²) in [5.41, 5.74) is 4.29. The second-order valence-corrected chi connectivity index (χ2v) is 9.61. The Kier molecular flexibility index (Phi) is 5.71. The van der Waals surface area contributed by atoms with Gasteiger partial charge in [0.15, 0.2) is 0 Å². The van der Waals surface area contributed by atoms with Gasteiger partial charge < -0.3 is 9.64 Å². The molecule has 0 unspecified atom stereocenters. The van der Waals surface area contributed by atoms with E-state index in [2.05, 4.69) is 23.9 Å². The first-order valence-electron chi connectivity index (χ1n) is 12.5. The monoisotopic (exact) mass is 493 g/mol. The molecule has 0 bridgehead atoms. The molecule has 0 saturated heterocycles. The lowest BCUT2D eigenvalue weighted by Gasteiger charge is -2.29. The molecule has 8 heteroatoms. The highest BCUT2D eigenvalue weighted by Crippen LogP contribution is 2.29. The van der Waals surface area contributed by atoms with Crippen molar-refractivity contribution in [1.82, 2.24) is 19.2 Å². The van der Waals surface area contributed by atoms with E-state index in [4.69, 9.17) is 4.74 Å². The fraction of sp³-hybridized carbons (Fsp3) is 0.241. The third kappa shape index (κ3) is 4.14. The predicted octanol–water partition coefficient (Wildman–Crippen LogP) is 4.94. The zero-order chi connectivity index (χ0) is 25.5. The summed E-state index contributed by atoms with van der Waals surface area (Å²) in [5.74, 6) is 1.03. The number of ether oxygens (including phenoxy) is 1. The van der Waals surface area contributed by atoms with Gasteiger partial charge in [-0.15, -0.1) is 5.10 Å². The Balaban J connectivity index is 1.40. The average Bonchev–Trinajstić information content (AvgIpc) is 3.25. The van der Waals surface area contributed by atoms with Crippen molar-refractivity contribution in [2.45, 2.75) is 39.2 Å². The molecular formula is C29H27N5O3. The SMILES string of the molecule is CC(C)c1ccc(Oc2nc3ccccc3n3c(=O)n(CC(=O)N4CCCc5ccccc54)nc23)cc1. The zero-order valence-electron chi connectivity index (χ0n) is 20.8. The molecule has 0 fully saturated rings. The standard InChI is InChI=1S/C29H27N5O3/c1-19(2)20-13-15-22(16-14-20)37-28-27-31-33(29(36)34(27)25-12-6-4-10-23(25)30-28)18-26(35)32-17-7-9-21-8-3-5-11-24(21)32/h3-6,8,10-16,19H,7,9,17-18H2,1-2H3. The highest BCUT2D eigenvalue weighted by atomic mass is 16.5. The molecule has 0 saturated carbocycles. The third-order valence-corrected chi connectivity index (χ3v) is 6.83. The number of aromatic nitrogens is 4. The Morgan fingerprint density at radius 2 is 1.76 bits per heavy atom. The van der Waals surface area contributed by atoms with Crippen LogP contribution in [0.1, 0.15) is 37.3 Å². The van der Waals surface area contributed by atoms with Crippen LogP contribution in [0.5, 0.6) is 11.6 Å². The maximum atomic E-state index is 13.5. The number of aryl methyl sites for hydroxylation is 1. The van der Waals surface area contributed by atoms with Crippen molar-refractivity contribution in [3.05, 3.63) is 94.4 Å². The molecule has 0 N–H and O–H groups in total. The number of rotatable bonds is 5. The Morgan fingerprint density at radius 1 is 1.00 bits per heavy atom. The third-order valence-electron chi connectivity index (χ3n) is 6.83. The molecular weight excluding hydrogens is 466 g/mol. The summed E-state index contributed by atoms with van der Waals surface area (Å²) < 4.78 is 8.80. The van der Waals surface area contributed by atoms with Gasteiger partial charge in [-0.25, -0.2) is 18.9 Å². The van der Waals surface area contributed by atoms with Gasteiger partial charge in [-0.1, -0.05) is 56.3 Å². The van der Waals surface area contributed by atoms with E-state index in [-0.39, 0.29) is 24.0 Å². The molecule has 0 radical (unpaired) electrons. The van der Waals surface area contributed by atoms with Gasteiger partial charge in [0.1, 0.15) is 12.3 Å². The first-order valence-corrected chi connectivity index (χ1v) is 12.5. The predicted molar refractivity (Wildman–Crippen MR) is 142 cm³/mol. The molecule has 0 aliphatic carbocycles. The molecule has 0 spiro atoms. The highest BCUT2D eigenvalue weighted by Gasteiger charge is 2.25. The summed E-state index contributed by atoms with van der Waals surface area (Å²) in [6, 6.07) is 23.0. The number of hydrogen-bond acceptors (Lipinski definition) is 5. The molecule has 186 valence electrons. The lowest BCUT2D eigenvalue weighted by atomic mass is 10.0. The summed E-state index contributed by atoms with van der Waals surface area (Å²) in [7, 11) is 0. The van der Waals surface area contributed by atoms with Crippen LogP contribution in [0.2, 0.25) is 0 Å². The average molecular weight is 494 g/mol. The van der Waals surface area contributed by atoms with Gasteiger partial charge in [-0.05, 0) is 60.2 Å². The van der Waals surface area contributed by atoms with E-state index in [0.717, 1.165) is 24.1 Å². The van der Waals surface area contributed by atoms with Crippen LogP contribution in [-0.2, 0) is 17.8 Å². The molecule has 37 heavy (non-hydrogen) atoms. The van der Waals surface area contributed by atoms with E-state index in [1.54, 1.807) is 4.90 Å². The Morgan fingerprint density at radius 3 is 2.57 bits per heavy atom. The lowest BCUT2D eigenvalue weighted by molar-refractivity contribution is -0.119. The number of carbonyl (C=O) groups is 1. The first kappa shape index (κ1) is 23.0. The van der Waals surface area contributed by atoms with Crippen LogP contribution >= 0.6 is 0 Å².